The molecule has 0 fully saturated rings. The van der Waals surface area contributed by atoms with Crippen LogP contribution in [-0.4, -0.2) is 34.1 Å². The number of hydrogen-bond donors (Lipinski definition) is 1. The number of carbonyl (C=O) groups is 1. The van der Waals surface area contributed by atoms with Gasteiger partial charge in [0.05, 0.1) is 23.5 Å². The number of nitro groups is 1. The van der Waals surface area contributed by atoms with Crippen LogP contribution in [0, 0.1) is 17.0 Å². The standard InChI is InChI=1S/C18H18N4O5S/c1-9(2)27-18(23)15-10(3)14-16(19-8-20-17(14)28-15)21-11-5-6-13(26-4)12(7-11)22(24)25/h5-9H,1-4H3,(H,19,20,21). The highest BCUT2D eigenvalue weighted by Crippen LogP contribution is 2.36. The number of rotatable bonds is 6. The number of aromatic nitrogens is 2. The van der Waals surface area contributed by atoms with Gasteiger partial charge in [-0.2, -0.15) is 0 Å². The molecular formula is C18H18N4O5S. The van der Waals surface area contributed by atoms with Gasteiger partial charge in [0.25, 0.3) is 0 Å². The van der Waals surface area contributed by atoms with Crippen LogP contribution < -0.4 is 10.1 Å². The van der Waals surface area contributed by atoms with Gasteiger partial charge in [0.1, 0.15) is 21.9 Å². The Bertz CT molecular complexity index is 1060. The number of methoxy groups -OCH3 is 1. The van der Waals surface area contributed by atoms with Gasteiger partial charge in [-0.25, -0.2) is 14.8 Å². The summed E-state index contributed by atoms with van der Waals surface area (Å²) in [6, 6.07) is 4.52. The maximum atomic E-state index is 12.3. The molecule has 0 atom stereocenters. The average molecular weight is 402 g/mol. The Morgan fingerprint density at radius 2 is 2.07 bits per heavy atom. The smallest absolute Gasteiger partial charge is 0.348 e. The second-order valence-electron chi connectivity index (χ2n) is 6.18. The fraction of sp³-hybridized carbons (Fsp3) is 0.278. The Morgan fingerprint density at radius 3 is 2.71 bits per heavy atom. The van der Waals surface area contributed by atoms with Crippen molar-refractivity contribution >= 4 is 44.7 Å². The second-order valence-corrected chi connectivity index (χ2v) is 7.18. The Kier molecular flexibility index (Phi) is 5.41. The third-order valence-corrected chi connectivity index (χ3v) is 5.07. The molecule has 0 unspecified atom stereocenters. The SMILES string of the molecule is COc1ccc(Nc2ncnc3sc(C(=O)OC(C)C)c(C)c23)cc1[N+](=O)[O-]. The van der Waals surface area contributed by atoms with E-state index in [0.717, 1.165) is 0 Å². The molecule has 1 aromatic carbocycles. The van der Waals surface area contributed by atoms with Crippen molar-refractivity contribution in [3.63, 3.8) is 0 Å². The number of nitrogens with zero attached hydrogens (tertiary/aromatic N) is 3. The Balaban J connectivity index is 2.03. The molecule has 0 aliphatic carbocycles. The van der Waals surface area contributed by atoms with Crippen molar-refractivity contribution in [1.82, 2.24) is 9.97 Å². The lowest BCUT2D eigenvalue weighted by molar-refractivity contribution is -0.385. The lowest BCUT2D eigenvalue weighted by Crippen LogP contribution is -2.11. The molecule has 0 radical (unpaired) electrons. The number of fused-ring (bicyclic) bond motifs is 1. The zero-order chi connectivity index (χ0) is 20.4. The number of nitrogens with one attached hydrogen (secondary N) is 1. The van der Waals surface area contributed by atoms with E-state index in [1.807, 2.05) is 0 Å². The summed E-state index contributed by atoms with van der Waals surface area (Å²) in [6.45, 7) is 5.36. The van der Waals surface area contributed by atoms with Crippen molar-refractivity contribution in [3.8, 4) is 5.75 Å². The average Bonchev–Trinajstić information content (AvgIpc) is 2.99. The molecule has 0 bridgehead atoms. The topological polar surface area (TPSA) is 116 Å². The highest BCUT2D eigenvalue weighted by Gasteiger charge is 2.22. The first kappa shape index (κ1) is 19.5. The summed E-state index contributed by atoms with van der Waals surface area (Å²) in [5, 5.41) is 15.0. The molecule has 3 aromatic rings. The third-order valence-electron chi connectivity index (χ3n) is 3.89. The van der Waals surface area contributed by atoms with Gasteiger partial charge >= 0.3 is 11.7 Å². The molecule has 1 N–H and O–H groups in total. The highest BCUT2D eigenvalue weighted by atomic mass is 32.1. The second kappa shape index (κ2) is 7.77. The van der Waals surface area contributed by atoms with Crippen molar-refractivity contribution in [2.75, 3.05) is 12.4 Å². The molecular weight excluding hydrogens is 384 g/mol. The first-order valence-electron chi connectivity index (χ1n) is 8.36. The van der Waals surface area contributed by atoms with Gasteiger partial charge in [0, 0.05) is 11.8 Å². The number of benzene rings is 1. The Labute approximate surface area is 164 Å². The van der Waals surface area contributed by atoms with Crippen molar-refractivity contribution in [1.29, 1.82) is 0 Å². The maximum absolute atomic E-state index is 12.3. The number of hydrogen-bond acceptors (Lipinski definition) is 9. The first-order valence-corrected chi connectivity index (χ1v) is 9.18. The van der Waals surface area contributed by atoms with E-state index in [0.29, 0.717) is 32.2 Å². The van der Waals surface area contributed by atoms with Crippen LogP contribution in [0.15, 0.2) is 24.5 Å². The molecule has 0 aliphatic rings. The molecule has 10 heteroatoms. The molecule has 0 spiro atoms. The van der Waals surface area contributed by atoms with Crippen LogP contribution in [0.3, 0.4) is 0 Å². The quantitative estimate of drug-likeness (QED) is 0.370. The fourth-order valence-electron chi connectivity index (χ4n) is 2.68. The molecule has 3 rings (SSSR count). The van der Waals surface area contributed by atoms with Crippen molar-refractivity contribution in [2.45, 2.75) is 26.9 Å². The lowest BCUT2D eigenvalue weighted by Gasteiger charge is -2.09. The molecule has 28 heavy (non-hydrogen) atoms. The predicted molar refractivity (Wildman–Crippen MR) is 106 cm³/mol. The maximum Gasteiger partial charge on any atom is 0.348 e. The zero-order valence-electron chi connectivity index (χ0n) is 15.7. The van der Waals surface area contributed by atoms with Crippen LogP contribution in [0.1, 0.15) is 29.1 Å². The molecule has 9 nitrogen and oxygen atoms in total. The molecule has 0 aliphatic heterocycles. The van der Waals surface area contributed by atoms with Crippen LogP contribution in [0.25, 0.3) is 10.2 Å². The van der Waals surface area contributed by atoms with Gasteiger partial charge in [-0.1, -0.05) is 0 Å². The van der Waals surface area contributed by atoms with Gasteiger partial charge < -0.3 is 14.8 Å². The highest BCUT2D eigenvalue weighted by molar-refractivity contribution is 7.20. The molecule has 0 saturated heterocycles. The number of esters is 1. The minimum Gasteiger partial charge on any atom is -0.490 e. The van der Waals surface area contributed by atoms with Gasteiger partial charge in [0.15, 0.2) is 5.75 Å². The Hall–Kier alpha value is -3.27. The molecule has 2 aromatic heterocycles. The van der Waals surface area contributed by atoms with E-state index < -0.39 is 10.9 Å². The van der Waals surface area contributed by atoms with E-state index in [4.69, 9.17) is 9.47 Å². The summed E-state index contributed by atoms with van der Waals surface area (Å²) in [7, 11) is 1.37. The summed E-state index contributed by atoms with van der Waals surface area (Å²) in [5.74, 6) is 0.192. The van der Waals surface area contributed by atoms with E-state index in [-0.39, 0.29) is 17.5 Å². The number of ether oxygens (including phenoxy) is 2. The predicted octanol–water partition coefficient (Wildman–Crippen LogP) is 4.23. The summed E-state index contributed by atoms with van der Waals surface area (Å²) in [4.78, 5) is 32.6. The van der Waals surface area contributed by atoms with E-state index in [9.17, 15) is 14.9 Å². The lowest BCUT2D eigenvalue weighted by atomic mass is 10.2. The fourth-order valence-corrected chi connectivity index (χ4v) is 3.71. The van der Waals surface area contributed by atoms with Crippen LogP contribution in [0.4, 0.5) is 17.2 Å². The largest absolute Gasteiger partial charge is 0.490 e. The van der Waals surface area contributed by atoms with E-state index >= 15 is 0 Å². The van der Waals surface area contributed by atoms with Crippen LogP contribution in [-0.2, 0) is 4.74 Å². The number of nitro benzene ring substituents is 1. The molecule has 2 heterocycles. The van der Waals surface area contributed by atoms with E-state index in [1.165, 1.54) is 36.9 Å². The number of anilines is 2. The normalized spacial score (nSPS) is 10.9. The number of carbonyl (C=O) groups excluding carboxylic acids is 1. The summed E-state index contributed by atoms with van der Waals surface area (Å²) in [5.41, 5.74) is 0.988. The van der Waals surface area contributed by atoms with Crippen LogP contribution >= 0.6 is 11.3 Å². The summed E-state index contributed by atoms with van der Waals surface area (Å²) in [6.07, 6.45) is 1.14. The van der Waals surface area contributed by atoms with Crippen molar-refractivity contribution < 1.29 is 19.2 Å². The first-order chi connectivity index (χ1) is 13.3. The molecule has 146 valence electrons. The number of aryl methyl sites for hydroxylation is 1. The van der Waals surface area contributed by atoms with Crippen molar-refractivity contribution in [2.24, 2.45) is 0 Å². The van der Waals surface area contributed by atoms with E-state index in [1.54, 1.807) is 26.8 Å². The van der Waals surface area contributed by atoms with Gasteiger partial charge in [-0.3, -0.25) is 10.1 Å². The van der Waals surface area contributed by atoms with Gasteiger partial charge in [-0.15, -0.1) is 11.3 Å². The Morgan fingerprint density at radius 1 is 1.32 bits per heavy atom. The minimum absolute atomic E-state index is 0.161. The summed E-state index contributed by atoms with van der Waals surface area (Å²) >= 11 is 1.22. The minimum atomic E-state index is -0.518. The van der Waals surface area contributed by atoms with Crippen LogP contribution in [0.5, 0.6) is 5.75 Å². The third kappa shape index (κ3) is 3.72. The van der Waals surface area contributed by atoms with Crippen LogP contribution in [0.2, 0.25) is 0 Å². The summed E-state index contributed by atoms with van der Waals surface area (Å²) < 4.78 is 10.3. The zero-order valence-corrected chi connectivity index (χ0v) is 16.5. The molecule has 0 saturated carbocycles. The van der Waals surface area contributed by atoms with Gasteiger partial charge in [-0.05, 0) is 38.5 Å². The number of thiophene rings is 1. The van der Waals surface area contributed by atoms with E-state index in [2.05, 4.69) is 15.3 Å². The van der Waals surface area contributed by atoms with Crippen molar-refractivity contribution in [3.05, 3.63) is 45.1 Å². The molecule has 0 amide bonds. The monoisotopic (exact) mass is 402 g/mol. The van der Waals surface area contributed by atoms with Gasteiger partial charge in [0.2, 0.25) is 0 Å².